The number of aryl methyl sites for hydroxylation is 2. The van der Waals surface area contributed by atoms with Crippen LogP contribution in [0.1, 0.15) is 32.3 Å². The van der Waals surface area contributed by atoms with Crippen LogP contribution in [-0.2, 0) is 9.53 Å². The molecule has 0 atom stereocenters. The van der Waals surface area contributed by atoms with Gasteiger partial charge in [-0.3, -0.25) is 4.79 Å². The standard InChI is InChI=1S/C17H16N2O4S/c1-9-5-6-13(23-9)7-12(8-18)15(20)19-16-14(17(21)22-4)10(2)11(3)24-16/h5-7H,1-4H3,(H,19,20)/b12-7-. The second-order valence-electron chi connectivity index (χ2n) is 5.05. The quantitative estimate of drug-likeness (QED) is 0.520. The number of thiophene rings is 1. The van der Waals surface area contributed by atoms with Crippen molar-refractivity contribution in [1.29, 1.82) is 5.26 Å². The molecule has 24 heavy (non-hydrogen) atoms. The summed E-state index contributed by atoms with van der Waals surface area (Å²) in [6, 6.07) is 5.24. The highest BCUT2D eigenvalue weighted by atomic mass is 32.1. The fourth-order valence-electron chi connectivity index (χ4n) is 2.06. The van der Waals surface area contributed by atoms with E-state index in [9.17, 15) is 14.9 Å². The van der Waals surface area contributed by atoms with E-state index in [1.165, 1.54) is 24.5 Å². The maximum Gasteiger partial charge on any atom is 0.341 e. The Hall–Kier alpha value is -2.85. The highest BCUT2D eigenvalue weighted by Gasteiger charge is 2.22. The maximum absolute atomic E-state index is 12.3. The molecule has 1 amide bonds. The van der Waals surface area contributed by atoms with Gasteiger partial charge in [0.05, 0.1) is 12.7 Å². The summed E-state index contributed by atoms with van der Waals surface area (Å²) in [6.07, 6.45) is 1.35. The zero-order valence-electron chi connectivity index (χ0n) is 13.7. The lowest BCUT2D eigenvalue weighted by atomic mass is 10.1. The maximum atomic E-state index is 12.3. The molecule has 124 valence electrons. The SMILES string of the molecule is COC(=O)c1c(NC(=O)/C(C#N)=C\c2ccc(C)o2)sc(C)c1C. The second kappa shape index (κ2) is 7.15. The Morgan fingerprint density at radius 3 is 2.58 bits per heavy atom. The number of carbonyl (C=O) groups is 2. The molecular weight excluding hydrogens is 328 g/mol. The van der Waals surface area contributed by atoms with Gasteiger partial charge in [0.2, 0.25) is 0 Å². The largest absolute Gasteiger partial charge is 0.465 e. The van der Waals surface area contributed by atoms with Crippen LogP contribution in [0.4, 0.5) is 5.00 Å². The molecule has 2 heterocycles. The van der Waals surface area contributed by atoms with E-state index in [2.05, 4.69) is 5.32 Å². The van der Waals surface area contributed by atoms with E-state index in [0.29, 0.717) is 22.1 Å². The second-order valence-corrected chi connectivity index (χ2v) is 6.28. The summed E-state index contributed by atoms with van der Waals surface area (Å²) in [5.74, 6) is -0.0587. The number of hydrogen-bond donors (Lipinski definition) is 1. The Bertz CT molecular complexity index is 868. The number of carbonyl (C=O) groups excluding carboxylic acids is 2. The number of furan rings is 1. The lowest BCUT2D eigenvalue weighted by Gasteiger charge is -2.05. The first-order chi connectivity index (χ1) is 11.4. The molecule has 0 aliphatic heterocycles. The monoisotopic (exact) mass is 344 g/mol. The molecule has 2 aromatic rings. The Morgan fingerprint density at radius 1 is 1.33 bits per heavy atom. The van der Waals surface area contributed by atoms with E-state index in [0.717, 1.165) is 10.4 Å². The van der Waals surface area contributed by atoms with Crippen LogP contribution in [0.25, 0.3) is 6.08 Å². The fraction of sp³-hybridized carbons (Fsp3) is 0.235. The number of rotatable bonds is 4. The molecule has 0 unspecified atom stereocenters. The van der Waals surface area contributed by atoms with Gasteiger partial charge in [-0.05, 0) is 38.5 Å². The molecule has 2 rings (SSSR count). The zero-order valence-corrected chi connectivity index (χ0v) is 14.5. The molecule has 6 nitrogen and oxygen atoms in total. The third kappa shape index (κ3) is 3.55. The molecule has 1 N–H and O–H groups in total. The van der Waals surface area contributed by atoms with Crippen LogP contribution in [-0.4, -0.2) is 19.0 Å². The molecule has 2 aromatic heterocycles. The van der Waals surface area contributed by atoms with Crippen LogP contribution in [0.2, 0.25) is 0 Å². The summed E-state index contributed by atoms with van der Waals surface area (Å²) >= 11 is 1.26. The van der Waals surface area contributed by atoms with Gasteiger partial charge in [0, 0.05) is 11.0 Å². The lowest BCUT2D eigenvalue weighted by molar-refractivity contribution is -0.112. The van der Waals surface area contributed by atoms with Crippen molar-refractivity contribution in [3.8, 4) is 6.07 Å². The van der Waals surface area contributed by atoms with Crippen LogP contribution in [0.3, 0.4) is 0 Å². The van der Waals surface area contributed by atoms with Gasteiger partial charge in [0.1, 0.15) is 28.2 Å². The van der Waals surface area contributed by atoms with Gasteiger partial charge in [-0.1, -0.05) is 0 Å². The van der Waals surface area contributed by atoms with Crippen LogP contribution in [0.5, 0.6) is 0 Å². The summed E-state index contributed by atoms with van der Waals surface area (Å²) in [6.45, 7) is 5.39. The molecule has 0 radical (unpaired) electrons. The van der Waals surface area contributed by atoms with Gasteiger partial charge in [0.25, 0.3) is 5.91 Å². The molecule has 0 saturated carbocycles. The minimum atomic E-state index is -0.613. The number of amides is 1. The van der Waals surface area contributed by atoms with Crippen molar-refractivity contribution < 1.29 is 18.7 Å². The molecule has 0 bridgehead atoms. The van der Waals surface area contributed by atoms with Crippen molar-refractivity contribution in [3.63, 3.8) is 0 Å². The number of hydrogen-bond acceptors (Lipinski definition) is 6. The van der Waals surface area contributed by atoms with Crippen molar-refractivity contribution >= 4 is 34.3 Å². The van der Waals surface area contributed by atoms with E-state index < -0.39 is 11.9 Å². The number of nitrogens with zero attached hydrogens (tertiary/aromatic N) is 1. The average Bonchev–Trinajstić information content (AvgIpc) is 3.08. The van der Waals surface area contributed by atoms with Gasteiger partial charge >= 0.3 is 5.97 Å². The molecule has 0 fully saturated rings. The lowest BCUT2D eigenvalue weighted by Crippen LogP contribution is -2.15. The van der Waals surface area contributed by atoms with Gasteiger partial charge in [-0.15, -0.1) is 11.3 Å². The molecule has 0 aromatic carbocycles. The smallest absolute Gasteiger partial charge is 0.341 e. The Morgan fingerprint density at radius 2 is 2.04 bits per heavy atom. The van der Waals surface area contributed by atoms with Crippen LogP contribution >= 0.6 is 11.3 Å². The summed E-state index contributed by atoms with van der Waals surface area (Å²) in [5, 5.41) is 12.2. The summed E-state index contributed by atoms with van der Waals surface area (Å²) in [4.78, 5) is 25.2. The number of esters is 1. The number of anilines is 1. The van der Waals surface area contributed by atoms with E-state index in [4.69, 9.17) is 9.15 Å². The van der Waals surface area contributed by atoms with Crippen molar-refractivity contribution in [3.05, 3.63) is 45.2 Å². The average molecular weight is 344 g/mol. The molecule has 0 aliphatic rings. The van der Waals surface area contributed by atoms with Gasteiger partial charge < -0.3 is 14.5 Å². The Labute approximate surface area is 143 Å². The molecule has 0 aliphatic carbocycles. The van der Waals surface area contributed by atoms with Gasteiger partial charge in [-0.25, -0.2) is 4.79 Å². The van der Waals surface area contributed by atoms with E-state index >= 15 is 0 Å². The third-order valence-electron chi connectivity index (χ3n) is 3.41. The van der Waals surface area contributed by atoms with E-state index in [1.54, 1.807) is 26.0 Å². The summed E-state index contributed by atoms with van der Waals surface area (Å²) in [5.41, 5.74) is 0.926. The predicted molar refractivity (Wildman–Crippen MR) is 90.8 cm³/mol. The zero-order chi connectivity index (χ0) is 17.9. The van der Waals surface area contributed by atoms with Crippen molar-refractivity contribution in [2.24, 2.45) is 0 Å². The van der Waals surface area contributed by atoms with Gasteiger partial charge in [-0.2, -0.15) is 5.26 Å². The number of nitrogens with one attached hydrogen (secondary N) is 1. The Balaban J connectivity index is 2.32. The summed E-state index contributed by atoms with van der Waals surface area (Å²) < 4.78 is 10.1. The number of ether oxygens (including phenoxy) is 1. The molecule has 7 heteroatoms. The third-order valence-corrected chi connectivity index (χ3v) is 4.54. The molecular formula is C17H16N2O4S. The van der Waals surface area contributed by atoms with Crippen molar-refractivity contribution in [1.82, 2.24) is 0 Å². The van der Waals surface area contributed by atoms with Crippen LogP contribution in [0.15, 0.2) is 22.1 Å². The first-order valence-corrected chi connectivity index (χ1v) is 7.87. The number of methoxy groups -OCH3 is 1. The molecule has 0 saturated heterocycles. The highest BCUT2D eigenvalue weighted by molar-refractivity contribution is 7.16. The normalized spacial score (nSPS) is 11.0. The van der Waals surface area contributed by atoms with Crippen molar-refractivity contribution in [2.45, 2.75) is 20.8 Å². The van der Waals surface area contributed by atoms with Crippen LogP contribution < -0.4 is 5.32 Å². The first kappa shape index (κ1) is 17.5. The van der Waals surface area contributed by atoms with E-state index in [-0.39, 0.29) is 5.57 Å². The predicted octanol–water partition coefficient (Wildman–Crippen LogP) is 3.60. The van der Waals surface area contributed by atoms with Gasteiger partial charge in [0.15, 0.2) is 0 Å². The minimum Gasteiger partial charge on any atom is -0.465 e. The first-order valence-electron chi connectivity index (χ1n) is 7.05. The summed E-state index contributed by atoms with van der Waals surface area (Å²) in [7, 11) is 1.28. The highest BCUT2D eigenvalue weighted by Crippen LogP contribution is 2.33. The van der Waals surface area contributed by atoms with Crippen LogP contribution in [0, 0.1) is 32.1 Å². The minimum absolute atomic E-state index is 0.121. The topological polar surface area (TPSA) is 92.3 Å². The molecule has 0 spiro atoms. The Kier molecular flexibility index (Phi) is 5.21. The van der Waals surface area contributed by atoms with E-state index in [1.807, 2.05) is 13.0 Å². The van der Waals surface area contributed by atoms with Crippen molar-refractivity contribution in [2.75, 3.05) is 12.4 Å². The number of nitriles is 1. The fourth-order valence-corrected chi connectivity index (χ4v) is 3.10.